The zero-order chi connectivity index (χ0) is 24.8. The molecule has 0 spiro atoms. The van der Waals surface area contributed by atoms with Gasteiger partial charge in [-0.2, -0.15) is 0 Å². The number of para-hydroxylation sites is 1. The Morgan fingerprint density at radius 2 is 1.82 bits per heavy atom. The molecule has 0 saturated heterocycles. The van der Waals surface area contributed by atoms with Crippen molar-refractivity contribution in [3.8, 4) is 17.2 Å². The molecule has 0 fully saturated rings. The third-order valence-electron chi connectivity index (χ3n) is 5.19. The molecule has 6 nitrogen and oxygen atoms in total. The number of carbonyl (C=O) groups is 1. The smallest absolute Gasteiger partial charge is 0.330 e. The summed E-state index contributed by atoms with van der Waals surface area (Å²) < 4.78 is 17.6. The van der Waals surface area contributed by atoms with Crippen molar-refractivity contribution in [3.05, 3.63) is 87.7 Å². The molecule has 34 heavy (non-hydrogen) atoms. The first-order valence-corrected chi connectivity index (χ1v) is 11.0. The summed E-state index contributed by atoms with van der Waals surface area (Å²) in [5, 5.41) is 12.0. The first kappa shape index (κ1) is 25.1. The molecule has 0 amide bonds. The van der Waals surface area contributed by atoms with Gasteiger partial charge in [0.05, 0.1) is 27.0 Å². The number of carbonyl (C=O) groups excluding carboxylic acids is 1. The first-order chi connectivity index (χ1) is 16.3. The van der Waals surface area contributed by atoms with Gasteiger partial charge in [0.1, 0.15) is 6.10 Å². The SMILES string of the molecule is COC(=O)/C=C/c1cc(C=C(C)C)cn1-c1ccc(Cl)cc1C(O)c1cccc(OC)c1OC. The number of hydrogen-bond donors (Lipinski definition) is 1. The highest BCUT2D eigenvalue weighted by Crippen LogP contribution is 2.39. The van der Waals surface area contributed by atoms with E-state index >= 15 is 0 Å². The second kappa shape index (κ2) is 11.1. The molecule has 1 unspecified atom stereocenters. The zero-order valence-electron chi connectivity index (χ0n) is 19.8. The van der Waals surface area contributed by atoms with E-state index in [-0.39, 0.29) is 0 Å². The van der Waals surface area contributed by atoms with Crippen molar-refractivity contribution in [2.24, 2.45) is 0 Å². The van der Waals surface area contributed by atoms with Crippen LogP contribution in [0.15, 0.2) is 60.3 Å². The predicted molar refractivity (Wildman–Crippen MR) is 135 cm³/mol. The van der Waals surface area contributed by atoms with Gasteiger partial charge in [-0.05, 0) is 55.8 Å². The lowest BCUT2D eigenvalue weighted by Crippen LogP contribution is -2.09. The molecule has 0 aliphatic heterocycles. The minimum atomic E-state index is -1.06. The number of methoxy groups -OCH3 is 3. The summed E-state index contributed by atoms with van der Waals surface area (Å²) in [6, 6.07) is 12.6. The van der Waals surface area contributed by atoms with Crippen LogP contribution in [0.1, 0.15) is 42.3 Å². The third kappa shape index (κ3) is 5.53. The summed E-state index contributed by atoms with van der Waals surface area (Å²) in [5.74, 6) is 0.483. The van der Waals surface area contributed by atoms with Crippen molar-refractivity contribution in [3.63, 3.8) is 0 Å². The number of aliphatic hydroxyl groups is 1. The number of benzene rings is 2. The Labute approximate surface area is 204 Å². The van der Waals surface area contributed by atoms with Crippen molar-refractivity contribution < 1.29 is 24.1 Å². The Balaban J connectivity index is 2.22. The quantitative estimate of drug-likeness (QED) is 0.323. The minimum Gasteiger partial charge on any atom is -0.493 e. The lowest BCUT2D eigenvalue weighted by atomic mass is 9.98. The van der Waals surface area contributed by atoms with Gasteiger partial charge in [0, 0.05) is 34.1 Å². The van der Waals surface area contributed by atoms with E-state index in [0.29, 0.717) is 33.3 Å². The van der Waals surface area contributed by atoms with Gasteiger partial charge in [-0.3, -0.25) is 0 Å². The van der Waals surface area contributed by atoms with Crippen molar-refractivity contribution >= 4 is 29.7 Å². The second-order valence-corrected chi connectivity index (χ2v) is 8.27. The van der Waals surface area contributed by atoms with Gasteiger partial charge in [0.25, 0.3) is 0 Å². The number of rotatable bonds is 8. The third-order valence-corrected chi connectivity index (χ3v) is 5.42. The fourth-order valence-corrected chi connectivity index (χ4v) is 3.91. The Hall–Kier alpha value is -3.48. The Morgan fingerprint density at radius 3 is 2.47 bits per heavy atom. The van der Waals surface area contributed by atoms with Crippen LogP contribution < -0.4 is 9.47 Å². The monoisotopic (exact) mass is 481 g/mol. The van der Waals surface area contributed by atoms with Crippen LogP contribution in [0.4, 0.5) is 0 Å². The van der Waals surface area contributed by atoms with E-state index in [1.165, 1.54) is 20.3 Å². The largest absolute Gasteiger partial charge is 0.493 e. The van der Waals surface area contributed by atoms with E-state index in [4.69, 9.17) is 25.8 Å². The molecule has 0 aliphatic rings. The molecule has 178 valence electrons. The second-order valence-electron chi connectivity index (χ2n) is 7.83. The predicted octanol–water partition coefficient (Wildman–Crippen LogP) is 5.84. The van der Waals surface area contributed by atoms with Gasteiger partial charge in [-0.25, -0.2) is 4.79 Å². The number of hydrogen-bond acceptors (Lipinski definition) is 5. The van der Waals surface area contributed by atoms with Crippen molar-refractivity contribution in [2.45, 2.75) is 20.0 Å². The highest BCUT2D eigenvalue weighted by atomic mass is 35.5. The number of aromatic nitrogens is 1. The molecule has 3 aromatic rings. The molecule has 7 heteroatoms. The summed E-state index contributed by atoms with van der Waals surface area (Å²) in [6.07, 6.45) is 5.93. The van der Waals surface area contributed by atoms with Crippen LogP contribution in [0.3, 0.4) is 0 Å². The highest BCUT2D eigenvalue weighted by molar-refractivity contribution is 6.30. The number of nitrogens with zero attached hydrogens (tertiary/aromatic N) is 1. The Kier molecular flexibility index (Phi) is 8.21. The average molecular weight is 482 g/mol. The highest BCUT2D eigenvalue weighted by Gasteiger charge is 2.23. The summed E-state index contributed by atoms with van der Waals surface area (Å²) in [4.78, 5) is 11.7. The molecule has 0 saturated carbocycles. The molecule has 1 N–H and O–H groups in total. The van der Waals surface area contributed by atoms with E-state index in [1.54, 1.807) is 43.5 Å². The standard InChI is InChI=1S/C27H28ClNO5/c1-17(2)13-18-14-20(10-12-25(30)33-4)29(16-18)23-11-9-19(28)15-22(23)26(31)21-7-6-8-24(32-3)27(21)34-5/h6-16,26,31H,1-5H3/b12-10+. The van der Waals surface area contributed by atoms with Gasteiger partial charge in [-0.15, -0.1) is 0 Å². The van der Waals surface area contributed by atoms with Gasteiger partial charge < -0.3 is 23.9 Å². The molecule has 2 aromatic carbocycles. The normalized spacial score (nSPS) is 11.9. The topological polar surface area (TPSA) is 69.9 Å². The maximum atomic E-state index is 11.7. The Morgan fingerprint density at radius 1 is 1.06 bits per heavy atom. The molecular formula is C27H28ClNO5. The van der Waals surface area contributed by atoms with Gasteiger partial charge in [-0.1, -0.05) is 35.4 Å². The van der Waals surface area contributed by atoms with Crippen molar-refractivity contribution in [2.75, 3.05) is 21.3 Å². The summed E-state index contributed by atoms with van der Waals surface area (Å²) in [7, 11) is 4.40. The first-order valence-electron chi connectivity index (χ1n) is 10.6. The number of esters is 1. The van der Waals surface area contributed by atoms with Crippen LogP contribution >= 0.6 is 11.6 Å². The molecule has 1 heterocycles. The number of ether oxygens (including phenoxy) is 3. The summed E-state index contributed by atoms with van der Waals surface area (Å²) >= 11 is 6.34. The number of allylic oxidation sites excluding steroid dienone is 1. The van der Waals surface area contributed by atoms with Crippen LogP contribution in [0, 0.1) is 0 Å². The van der Waals surface area contributed by atoms with Crippen LogP contribution in [0.25, 0.3) is 17.8 Å². The molecule has 1 aromatic heterocycles. The van der Waals surface area contributed by atoms with Crippen LogP contribution in [-0.4, -0.2) is 37.0 Å². The number of halogens is 1. The summed E-state index contributed by atoms with van der Waals surface area (Å²) in [5.41, 5.74) is 4.59. The zero-order valence-corrected chi connectivity index (χ0v) is 20.6. The molecule has 0 radical (unpaired) electrons. The van der Waals surface area contributed by atoms with Gasteiger partial charge in [0.15, 0.2) is 11.5 Å². The minimum absolute atomic E-state index is 0.437. The van der Waals surface area contributed by atoms with E-state index in [2.05, 4.69) is 0 Å². The summed E-state index contributed by atoms with van der Waals surface area (Å²) in [6.45, 7) is 4.02. The van der Waals surface area contributed by atoms with Gasteiger partial charge in [0.2, 0.25) is 0 Å². The lowest BCUT2D eigenvalue weighted by molar-refractivity contribution is -0.134. The van der Waals surface area contributed by atoms with E-state index in [0.717, 1.165) is 16.8 Å². The Bertz CT molecular complexity index is 1240. The molecule has 1 atom stereocenters. The van der Waals surface area contributed by atoms with Crippen LogP contribution in [0.5, 0.6) is 11.5 Å². The van der Waals surface area contributed by atoms with E-state index in [1.807, 2.05) is 42.8 Å². The maximum Gasteiger partial charge on any atom is 0.330 e. The lowest BCUT2D eigenvalue weighted by Gasteiger charge is -2.21. The van der Waals surface area contributed by atoms with Crippen molar-refractivity contribution in [1.29, 1.82) is 0 Å². The molecule has 0 bridgehead atoms. The van der Waals surface area contributed by atoms with Crippen molar-refractivity contribution in [1.82, 2.24) is 4.57 Å². The van der Waals surface area contributed by atoms with E-state index in [9.17, 15) is 9.90 Å². The molecule has 3 rings (SSSR count). The van der Waals surface area contributed by atoms with Gasteiger partial charge >= 0.3 is 5.97 Å². The van der Waals surface area contributed by atoms with E-state index < -0.39 is 12.1 Å². The fraction of sp³-hybridized carbons (Fsp3) is 0.222. The molecule has 0 aliphatic carbocycles. The van der Waals surface area contributed by atoms with Crippen LogP contribution in [0.2, 0.25) is 5.02 Å². The number of aliphatic hydroxyl groups excluding tert-OH is 1. The maximum absolute atomic E-state index is 11.7. The average Bonchev–Trinajstić information content (AvgIpc) is 3.22. The fourth-order valence-electron chi connectivity index (χ4n) is 3.73. The molecular weight excluding hydrogens is 454 g/mol. The van der Waals surface area contributed by atoms with Crippen LogP contribution in [-0.2, 0) is 9.53 Å².